The Labute approximate surface area is 82.9 Å². The first-order valence-corrected chi connectivity index (χ1v) is 5.86. The van der Waals surface area contributed by atoms with Crippen molar-refractivity contribution in [1.82, 2.24) is 9.78 Å². The van der Waals surface area contributed by atoms with Crippen LogP contribution in [-0.2, 0) is 22.5 Å². The summed E-state index contributed by atoms with van der Waals surface area (Å²) >= 11 is 0. The Morgan fingerprint density at radius 2 is 2.21 bits per heavy atom. The van der Waals surface area contributed by atoms with E-state index in [4.69, 9.17) is 0 Å². The first-order valence-electron chi connectivity index (χ1n) is 4.30. The van der Waals surface area contributed by atoms with Gasteiger partial charge in [0.1, 0.15) is 5.75 Å². The summed E-state index contributed by atoms with van der Waals surface area (Å²) in [5.41, 5.74) is 0.383. The van der Waals surface area contributed by atoms with E-state index in [9.17, 15) is 12.3 Å². The van der Waals surface area contributed by atoms with E-state index in [-0.39, 0.29) is 0 Å². The largest absolute Gasteiger partial charge is 0.306 e. The summed E-state index contributed by atoms with van der Waals surface area (Å²) in [6.45, 7) is 4.74. The molecule has 0 aliphatic rings. The monoisotopic (exact) mass is 220 g/mol. The van der Waals surface area contributed by atoms with Crippen LogP contribution in [0.25, 0.3) is 0 Å². The highest BCUT2D eigenvalue weighted by molar-refractivity contribution is 7.85. The zero-order valence-corrected chi connectivity index (χ0v) is 8.96. The maximum absolute atomic E-state index is 12.3. The normalized spacial score (nSPS) is 12.3. The first-order chi connectivity index (χ1) is 6.37. The summed E-state index contributed by atoms with van der Waals surface area (Å²) in [7, 11) is -4.45. The number of nitrogens with zero attached hydrogens (tertiary/aromatic N) is 2. The highest BCUT2D eigenvalue weighted by Crippen LogP contribution is 2.07. The average molecular weight is 220 g/mol. The van der Waals surface area contributed by atoms with E-state index in [0.29, 0.717) is 18.0 Å². The molecular formula is C8H13FN2O2S. The molecule has 4 nitrogen and oxygen atoms in total. The van der Waals surface area contributed by atoms with Crippen molar-refractivity contribution in [3.05, 3.63) is 18.0 Å². The quantitative estimate of drug-likeness (QED) is 0.719. The molecule has 1 aromatic rings. The van der Waals surface area contributed by atoms with Crippen LogP contribution < -0.4 is 0 Å². The van der Waals surface area contributed by atoms with Crippen molar-refractivity contribution in [1.29, 1.82) is 0 Å². The van der Waals surface area contributed by atoms with E-state index in [1.165, 1.54) is 6.20 Å². The Morgan fingerprint density at radius 3 is 2.71 bits per heavy atom. The number of halogens is 1. The van der Waals surface area contributed by atoms with E-state index in [0.717, 1.165) is 0 Å². The van der Waals surface area contributed by atoms with E-state index in [2.05, 4.69) is 5.10 Å². The minimum absolute atomic E-state index is 0.383. The fourth-order valence-electron chi connectivity index (χ4n) is 1.15. The lowest BCUT2D eigenvalue weighted by atomic mass is 10.2. The molecule has 0 N–H and O–H groups in total. The second kappa shape index (κ2) is 4.08. The summed E-state index contributed by atoms with van der Waals surface area (Å²) in [6, 6.07) is 0. The van der Waals surface area contributed by atoms with E-state index >= 15 is 0 Å². The molecule has 0 saturated carbocycles. The molecule has 6 heteroatoms. The van der Waals surface area contributed by atoms with E-state index in [1.54, 1.807) is 10.9 Å². The molecule has 0 fully saturated rings. The SMILES string of the molecule is CC(C)Cn1cc(CS(=O)(=O)F)cn1. The number of hydrogen-bond donors (Lipinski definition) is 0. The smallest absolute Gasteiger partial charge is 0.272 e. The Hall–Kier alpha value is -0.910. The number of hydrogen-bond acceptors (Lipinski definition) is 3. The summed E-state index contributed by atoms with van der Waals surface area (Å²) in [5, 5.41) is 3.93. The number of aromatic nitrogens is 2. The Kier molecular flexibility index (Phi) is 3.25. The van der Waals surface area contributed by atoms with Crippen molar-refractivity contribution < 1.29 is 12.3 Å². The van der Waals surface area contributed by atoms with Gasteiger partial charge in [0.05, 0.1) is 6.20 Å². The summed E-state index contributed by atoms with van der Waals surface area (Å²) in [4.78, 5) is 0. The van der Waals surface area contributed by atoms with Crippen molar-refractivity contribution in [3.63, 3.8) is 0 Å². The molecule has 0 aromatic carbocycles. The van der Waals surface area contributed by atoms with Crippen LogP contribution in [-0.4, -0.2) is 18.2 Å². The third kappa shape index (κ3) is 3.87. The summed E-state index contributed by atoms with van der Waals surface area (Å²) in [5.74, 6) is -0.171. The lowest BCUT2D eigenvalue weighted by Crippen LogP contribution is -2.04. The molecule has 0 saturated heterocycles. The lowest BCUT2D eigenvalue weighted by Gasteiger charge is -2.03. The highest BCUT2D eigenvalue weighted by Gasteiger charge is 2.10. The molecule has 80 valence electrons. The molecule has 0 amide bonds. The van der Waals surface area contributed by atoms with Crippen molar-refractivity contribution in [2.45, 2.75) is 26.1 Å². The van der Waals surface area contributed by atoms with Crippen molar-refractivity contribution >= 4 is 10.2 Å². The molecule has 14 heavy (non-hydrogen) atoms. The molecular weight excluding hydrogens is 207 g/mol. The summed E-state index contributed by atoms with van der Waals surface area (Å²) in [6.07, 6.45) is 2.93. The molecule has 0 atom stereocenters. The van der Waals surface area contributed by atoms with E-state index in [1.807, 2.05) is 13.8 Å². The van der Waals surface area contributed by atoms with Gasteiger partial charge in [0.25, 0.3) is 0 Å². The van der Waals surface area contributed by atoms with E-state index < -0.39 is 16.0 Å². The predicted molar refractivity (Wildman–Crippen MR) is 50.8 cm³/mol. The Balaban J connectivity index is 2.69. The van der Waals surface area contributed by atoms with Crippen LogP contribution in [0.2, 0.25) is 0 Å². The molecule has 0 aliphatic carbocycles. The second-order valence-corrected chi connectivity index (χ2v) is 5.01. The zero-order chi connectivity index (χ0) is 10.8. The van der Waals surface area contributed by atoms with Gasteiger partial charge in [-0.1, -0.05) is 13.8 Å². The molecule has 1 heterocycles. The van der Waals surface area contributed by atoms with Crippen molar-refractivity contribution in [3.8, 4) is 0 Å². The molecule has 1 aromatic heterocycles. The van der Waals surface area contributed by atoms with Gasteiger partial charge in [-0.3, -0.25) is 4.68 Å². The van der Waals surface area contributed by atoms with Gasteiger partial charge >= 0.3 is 10.2 Å². The van der Waals surface area contributed by atoms with Crippen LogP contribution in [0.5, 0.6) is 0 Å². The second-order valence-electron chi connectivity index (χ2n) is 3.65. The Bertz CT molecular complexity index is 397. The fraction of sp³-hybridized carbons (Fsp3) is 0.625. The predicted octanol–water partition coefficient (Wildman–Crippen LogP) is 1.34. The van der Waals surface area contributed by atoms with Crippen LogP contribution in [0.4, 0.5) is 3.89 Å². The van der Waals surface area contributed by atoms with Gasteiger partial charge in [-0.25, -0.2) is 0 Å². The maximum atomic E-state index is 12.3. The van der Waals surface area contributed by atoms with Crippen LogP contribution in [0.3, 0.4) is 0 Å². The van der Waals surface area contributed by atoms with Gasteiger partial charge < -0.3 is 0 Å². The minimum Gasteiger partial charge on any atom is -0.272 e. The average Bonchev–Trinajstić information content (AvgIpc) is 2.30. The number of rotatable bonds is 4. The maximum Gasteiger partial charge on any atom is 0.306 e. The topological polar surface area (TPSA) is 52.0 Å². The third-order valence-electron chi connectivity index (χ3n) is 1.58. The van der Waals surface area contributed by atoms with Crippen LogP contribution in [0.15, 0.2) is 12.4 Å². The fourth-order valence-corrected chi connectivity index (χ4v) is 1.70. The van der Waals surface area contributed by atoms with Crippen LogP contribution in [0, 0.1) is 5.92 Å². The van der Waals surface area contributed by atoms with Gasteiger partial charge in [-0.2, -0.15) is 13.5 Å². The van der Waals surface area contributed by atoms with Crippen molar-refractivity contribution in [2.24, 2.45) is 5.92 Å². The van der Waals surface area contributed by atoms with Crippen molar-refractivity contribution in [2.75, 3.05) is 0 Å². The standard InChI is InChI=1S/C8H13FN2O2S/c1-7(2)4-11-5-8(3-10-11)6-14(9,12)13/h3,5,7H,4,6H2,1-2H3. The van der Waals surface area contributed by atoms with Gasteiger partial charge in [-0.05, 0) is 5.92 Å². The van der Waals surface area contributed by atoms with Gasteiger partial charge in [0.15, 0.2) is 0 Å². The minimum atomic E-state index is -4.45. The van der Waals surface area contributed by atoms with Gasteiger partial charge in [0.2, 0.25) is 0 Å². The van der Waals surface area contributed by atoms with Gasteiger partial charge in [0, 0.05) is 18.3 Å². The third-order valence-corrected chi connectivity index (χ3v) is 2.26. The molecule has 0 unspecified atom stereocenters. The molecule has 0 aliphatic heterocycles. The lowest BCUT2D eigenvalue weighted by molar-refractivity contribution is 0.483. The highest BCUT2D eigenvalue weighted by atomic mass is 32.3. The zero-order valence-electron chi connectivity index (χ0n) is 8.14. The Morgan fingerprint density at radius 1 is 1.57 bits per heavy atom. The molecule has 1 rings (SSSR count). The van der Waals surface area contributed by atoms with Gasteiger partial charge in [-0.15, -0.1) is 3.89 Å². The molecule has 0 bridgehead atoms. The molecule has 0 spiro atoms. The summed E-state index contributed by atoms with van der Waals surface area (Å²) < 4.78 is 34.6. The van der Waals surface area contributed by atoms with Crippen LogP contribution in [0.1, 0.15) is 19.4 Å². The first kappa shape index (κ1) is 11.2. The molecule has 0 radical (unpaired) electrons. The van der Waals surface area contributed by atoms with Crippen LogP contribution >= 0.6 is 0 Å².